The standard InChI is InChI=1S/C17H17NO2S/c1-14-5-2-8-17(11-14)21(19)10-4-9-20-16-7-3-6-15(12-16)13-18/h2-3,5-8,11-12H,4,9-10H2,1H3. The molecule has 2 aromatic carbocycles. The van der Waals surface area contributed by atoms with Gasteiger partial charge in [-0.1, -0.05) is 18.2 Å². The molecule has 0 N–H and O–H groups in total. The summed E-state index contributed by atoms with van der Waals surface area (Å²) in [5.41, 5.74) is 1.70. The lowest BCUT2D eigenvalue weighted by molar-refractivity contribution is 0.318. The SMILES string of the molecule is Cc1cccc(S(=O)CCCOc2cccc(C#N)c2)c1. The Balaban J connectivity index is 1.79. The molecular formula is C17H17NO2S. The Morgan fingerprint density at radius 1 is 1.19 bits per heavy atom. The molecule has 0 aliphatic heterocycles. The lowest BCUT2D eigenvalue weighted by atomic mass is 10.2. The summed E-state index contributed by atoms with van der Waals surface area (Å²) in [6.45, 7) is 2.48. The van der Waals surface area contributed by atoms with E-state index in [1.54, 1.807) is 18.2 Å². The summed E-state index contributed by atoms with van der Waals surface area (Å²) < 4.78 is 17.7. The van der Waals surface area contributed by atoms with Crippen LogP contribution in [0, 0.1) is 18.3 Å². The van der Waals surface area contributed by atoms with E-state index < -0.39 is 10.8 Å². The van der Waals surface area contributed by atoms with Crippen molar-refractivity contribution in [3.8, 4) is 11.8 Å². The Kier molecular flexibility index (Phi) is 5.53. The van der Waals surface area contributed by atoms with Gasteiger partial charge in [0.05, 0.1) is 29.0 Å². The Morgan fingerprint density at radius 2 is 2.00 bits per heavy atom. The van der Waals surface area contributed by atoms with Crippen LogP contribution in [-0.2, 0) is 10.8 Å². The summed E-state index contributed by atoms with van der Waals surface area (Å²) >= 11 is 0. The number of aryl methyl sites for hydroxylation is 1. The van der Waals surface area contributed by atoms with Crippen LogP contribution in [0.4, 0.5) is 0 Å². The molecule has 0 saturated carbocycles. The topological polar surface area (TPSA) is 50.1 Å². The number of benzene rings is 2. The first-order valence-corrected chi connectivity index (χ1v) is 8.09. The van der Waals surface area contributed by atoms with Crippen molar-refractivity contribution in [3.05, 3.63) is 59.7 Å². The van der Waals surface area contributed by atoms with E-state index in [0.717, 1.165) is 10.5 Å². The third kappa shape index (κ3) is 4.73. The van der Waals surface area contributed by atoms with Gasteiger partial charge in [-0.25, -0.2) is 0 Å². The maximum atomic E-state index is 12.1. The van der Waals surface area contributed by atoms with Crippen molar-refractivity contribution >= 4 is 10.8 Å². The Morgan fingerprint density at radius 3 is 2.76 bits per heavy atom. The number of rotatable bonds is 6. The number of hydrogen-bond acceptors (Lipinski definition) is 3. The highest BCUT2D eigenvalue weighted by Gasteiger charge is 2.04. The van der Waals surface area contributed by atoms with Gasteiger partial charge in [0, 0.05) is 10.6 Å². The second-order valence-corrected chi connectivity index (χ2v) is 6.28. The van der Waals surface area contributed by atoms with E-state index in [4.69, 9.17) is 10.00 Å². The highest BCUT2D eigenvalue weighted by molar-refractivity contribution is 7.85. The lowest BCUT2D eigenvalue weighted by Gasteiger charge is -2.07. The van der Waals surface area contributed by atoms with Gasteiger partial charge in [0.1, 0.15) is 5.75 Å². The first kappa shape index (κ1) is 15.3. The second kappa shape index (κ2) is 7.61. The molecule has 0 aromatic heterocycles. The minimum Gasteiger partial charge on any atom is -0.494 e. The molecule has 0 fully saturated rings. The van der Waals surface area contributed by atoms with E-state index in [1.807, 2.05) is 37.3 Å². The van der Waals surface area contributed by atoms with Crippen molar-refractivity contribution in [1.82, 2.24) is 0 Å². The molecule has 0 bridgehead atoms. The molecule has 1 unspecified atom stereocenters. The molecule has 0 saturated heterocycles. The molecule has 0 aliphatic carbocycles. The van der Waals surface area contributed by atoms with Crippen molar-refractivity contribution in [2.75, 3.05) is 12.4 Å². The van der Waals surface area contributed by atoms with Crippen molar-refractivity contribution < 1.29 is 8.95 Å². The maximum Gasteiger partial charge on any atom is 0.120 e. The van der Waals surface area contributed by atoms with Gasteiger partial charge in [-0.05, 0) is 49.2 Å². The summed E-state index contributed by atoms with van der Waals surface area (Å²) in [7, 11) is -0.990. The van der Waals surface area contributed by atoms with Crippen LogP contribution < -0.4 is 4.74 Å². The van der Waals surface area contributed by atoms with Gasteiger partial charge in [-0.2, -0.15) is 5.26 Å². The molecule has 2 aromatic rings. The van der Waals surface area contributed by atoms with Gasteiger partial charge in [0.25, 0.3) is 0 Å². The van der Waals surface area contributed by atoms with Gasteiger partial charge in [0.2, 0.25) is 0 Å². The zero-order valence-electron chi connectivity index (χ0n) is 11.9. The summed E-state index contributed by atoms with van der Waals surface area (Å²) in [5, 5.41) is 8.81. The van der Waals surface area contributed by atoms with E-state index in [-0.39, 0.29) is 0 Å². The monoisotopic (exact) mass is 299 g/mol. The van der Waals surface area contributed by atoms with Crippen LogP contribution in [0.5, 0.6) is 5.75 Å². The molecule has 0 amide bonds. The smallest absolute Gasteiger partial charge is 0.120 e. The molecule has 3 nitrogen and oxygen atoms in total. The van der Waals surface area contributed by atoms with Crippen LogP contribution in [0.15, 0.2) is 53.4 Å². The predicted octanol–water partition coefficient (Wildman–Crippen LogP) is 3.44. The average Bonchev–Trinajstić information content (AvgIpc) is 2.51. The van der Waals surface area contributed by atoms with E-state index in [2.05, 4.69) is 6.07 Å². The highest BCUT2D eigenvalue weighted by Crippen LogP contribution is 2.13. The summed E-state index contributed by atoms with van der Waals surface area (Å²) in [4.78, 5) is 0.862. The Bertz CT molecular complexity index is 676. The molecule has 108 valence electrons. The van der Waals surface area contributed by atoms with Crippen molar-refractivity contribution in [2.24, 2.45) is 0 Å². The molecule has 0 heterocycles. The Labute approximate surface area is 127 Å². The Hall–Kier alpha value is -2.12. The van der Waals surface area contributed by atoms with Gasteiger partial charge in [0.15, 0.2) is 0 Å². The summed E-state index contributed by atoms with van der Waals surface area (Å²) in [6.07, 6.45) is 0.706. The molecule has 0 aliphatic rings. The van der Waals surface area contributed by atoms with E-state index in [1.165, 1.54) is 0 Å². The van der Waals surface area contributed by atoms with Crippen LogP contribution in [0.3, 0.4) is 0 Å². The third-order valence-electron chi connectivity index (χ3n) is 2.96. The van der Waals surface area contributed by atoms with Crippen LogP contribution in [-0.4, -0.2) is 16.6 Å². The van der Waals surface area contributed by atoms with Crippen molar-refractivity contribution in [1.29, 1.82) is 5.26 Å². The first-order valence-electron chi connectivity index (χ1n) is 6.77. The van der Waals surface area contributed by atoms with Crippen molar-refractivity contribution in [2.45, 2.75) is 18.2 Å². The zero-order valence-corrected chi connectivity index (χ0v) is 12.7. The largest absolute Gasteiger partial charge is 0.494 e. The van der Waals surface area contributed by atoms with Crippen LogP contribution in [0.25, 0.3) is 0 Å². The highest BCUT2D eigenvalue weighted by atomic mass is 32.2. The first-order chi connectivity index (χ1) is 10.2. The number of hydrogen-bond donors (Lipinski definition) is 0. The van der Waals surface area contributed by atoms with Crippen molar-refractivity contribution in [3.63, 3.8) is 0 Å². The molecule has 0 spiro atoms. The van der Waals surface area contributed by atoms with E-state index >= 15 is 0 Å². The van der Waals surface area contributed by atoms with Gasteiger partial charge >= 0.3 is 0 Å². The van der Waals surface area contributed by atoms with E-state index in [0.29, 0.717) is 30.1 Å². The van der Waals surface area contributed by atoms with Gasteiger partial charge < -0.3 is 4.74 Å². The van der Waals surface area contributed by atoms with Crippen LogP contribution >= 0.6 is 0 Å². The van der Waals surface area contributed by atoms with Crippen LogP contribution in [0.1, 0.15) is 17.5 Å². The third-order valence-corrected chi connectivity index (χ3v) is 4.40. The number of nitriles is 1. The zero-order chi connectivity index (χ0) is 15.1. The van der Waals surface area contributed by atoms with Crippen LogP contribution in [0.2, 0.25) is 0 Å². The molecule has 2 rings (SSSR count). The molecule has 21 heavy (non-hydrogen) atoms. The fourth-order valence-electron chi connectivity index (χ4n) is 1.91. The average molecular weight is 299 g/mol. The summed E-state index contributed by atoms with van der Waals surface area (Å²) in [6, 6.07) is 16.9. The molecule has 0 radical (unpaired) electrons. The normalized spacial score (nSPS) is 11.6. The number of ether oxygens (including phenoxy) is 1. The maximum absolute atomic E-state index is 12.1. The molecular weight excluding hydrogens is 282 g/mol. The fourth-order valence-corrected chi connectivity index (χ4v) is 3.07. The number of nitrogens with zero attached hydrogens (tertiary/aromatic N) is 1. The molecule has 1 atom stereocenters. The fraction of sp³-hybridized carbons (Fsp3) is 0.235. The minimum absolute atomic E-state index is 0.492. The van der Waals surface area contributed by atoms with E-state index in [9.17, 15) is 4.21 Å². The quantitative estimate of drug-likeness (QED) is 0.768. The molecule has 4 heteroatoms. The van der Waals surface area contributed by atoms with Gasteiger partial charge in [-0.15, -0.1) is 0 Å². The van der Waals surface area contributed by atoms with Gasteiger partial charge in [-0.3, -0.25) is 4.21 Å². The predicted molar refractivity (Wildman–Crippen MR) is 83.7 cm³/mol. The minimum atomic E-state index is -0.990. The lowest BCUT2D eigenvalue weighted by Crippen LogP contribution is -2.05. The summed E-state index contributed by atoms with van der Waals surface area (Å²) in [5.74, 6) is 1.25. The second-order valence-electron chi connectivity index (χ2n) is 4.71.